The maximum Gasteiger partial charge on any atom is 0.353 e. The van der Waals surface area contributed by atoms with Crippen LogP contribution in [0.25, 0.3) is 11.1 Å². The zero-order chi connectivity index (χ0) is 13.3. The highest BCUT2D eigenvalue weighted by Gasteiger charge is 2.20. The molecule has 0 unspecified atom stereocenters. The van der Waals surface area contributed by atoms with E-state index in [2.05, 4.69) is 0 Å². The van der Waals surface area contributed by atoms with Gasteiger partial charge in [0.2, 0.25) is 0 Å². The average Bonchev–Trinajstić information content (AvgIpc) is 2.74. The lowest BCUT2D eigenvalue weighted by molar-refractivity contribution is 0.0684. The molecule has 0 aliphatic carbocycles. The molecule has 0 atom stereocenters. The highest BCUT2D eigenvalue weighted by molar-refractivity contribution is 6.33. The van der Waals surface area contributed by atoms with Crippen LogP contribution >= 0.6 is 11.6 Å². The molecule has 1 aromatic carbocycles. The van der Waals surface area contributed by atoms with Gasteiger partial charge in [-0.2, -0.15) is 0 Å². The van der Waals surface area contributed by atoms with Gasteiger partial charge in [0.15, 0.2) is 0 Å². The quantitative estimate of drug-likeness (QED) is 0.906. The first-order chi connectivity index (χ1) is 8.52. The summed E-state index contributed by atoms with van der Waals surface area (Å²) in [5.41, 5.74) is 1.68. The van der Waals surface area contributed by atoms with Crippen molar-refractivity contribution in [3.8, 4) is 11.1 Å². The first-order valence-electron chi connectivity index (χ1n) is 5.71. The van der Waals surface area contributed by atoms with Crippen molar-refractivity contribution in [1.82, 2.24) is 4.57 Å². The number of hydrogen-bond donors (Lipinski definition) is 1. The first-order valence-corrected chi connectivity index (χ1v) is 6.09. The molecule has 1 heterocycles. The lowest BCUT2D eigenvalue weighted by atomic mass is 10.1. The van der Waals surface area contributed by atoms with E-state index in [9.17, 15) is 9.90 Å². The van der Waals surface area contributed by atoms with E-state index in [1.807, 2.05) is 32.0 Å². The van der Waals surface area contributed by atoms with Gasteiger partial charge in [-0.05, 0) is 26.0 Å². The Hall–Kier alpha value is -1.74. The molecular formula is C14H14ClNO2. The summed E-state index contributed by atoms with van der Waals surface area (Å²) in [4.78, 5) is 11.4. The number of aromatic nitrogens is 1. The van der Waals surface area contributed by atoms with Crippen molar-refractivity contribution in [2.24, 2.45) is 0 Å². The van der Waals surface area contributed by atoms with Crippen LogP contribution in [0.2, 0.25) is 5.02 Å². The van der Waals surface area contributed by atoms with E-state index < -0.39 is 5.97 Å². The van der Waals surface area contributed by atoms with Crippen LogP contribution in [0.4, 0.5) is 0 Å². The molecule has 2 rings (SSSR count). The summed E-state index contributed by atoms with van der Waals surface area (Å²) in [5.74, 6) is -0.941. The van der Waals surface area contributed by atoms with Crippen LogP contribution in [0, 0.1) is 0 Å². The molecule has 3 nitrogen and oxygen atoms in total. The predicted molar refractivity (Wildman–Crippen MR) is 72.2 cm³/mol. The Morgan fingerprint density at radius 2 is 1.89 bits per heavy atom. The van der Waals surface area contributed by atoms with Gasteiger partial charge in [0.1, 0.15) is 5.69 Å². The van der Waals surface area contributed by atoms with Gasteiger partial charge in [-0.25, -0.2) is 4.79 Å². The third kappa shape index (κ3) is 2.14. The van der Waals surface area contributed by atoms with E-state index >= 15 is 0 Å². The molecule has 18 heavy (non-hydrogen) atoms. The SMILES string of the molecule is CC(C)n1ccc(-c2ccccc2Cl)c1C(=O)O. The molecule has 0 aliphatic heterocycles. The summed E-state index contributed by atoms with van der Waals surface area (Å²) in [6, 6.07) is 9.15. The molecule has 1 aromatic heterocycles. The molecule has 0 radical (unpaired) electrons. The summed E-state index contributed by atoms with van der Waals surface area (Å²) in [7, 11) is 0. The van der Waals surface area contributed by atoms with E-state index in [0.29, 0.717) is 10.6 Å². The van der Waals surface area contributed by atoms with E-state index in [0.717, 1.165) is 5.56 Å². The van der Waals surface area contributed by atoms with Crippen LogP contribution in [0.1, 0.15) is 30.4 Å². The van der Waals surface area contributed by atoms with Crippen molar-refractivity contribution in [3.05, 3.63) is 47.2 Å². The smallest absolute Gasteiger partial charge is 0.353 e. The molecular weight excluding hydrogens is 250 g/mol. The zero-order valence-corrected chi connectivity index (χ0v) is 11.0. The lowest BCUT2D eigenvalue weighted by Gasteiger charge is -2.12. The van der Waals surface area contributed by atoms with Crippen molar-refractivity contribution < 1.29 is 9.90 Å². The fraction of sp³-hybridized carbons (Fsp3) is 0.214. The summed E-state index contributed by atoms with van der Waals surface area (Å²) in [5, 5.41) is 9.93. The van der Waals surface area contributed by atoms with Crippen molar-refractivity contribution in [1.29, 1.82) is 0 Å². The number of carbonyl (C=O) groups is 1. The molecule has 0 amide bonds. The summed E-state index contributed by atoms with van der Waals surface area (Å²) in [6.45, 7) is 3.89. The molecule has 0 aliphatic rings. The molecule has 94 valence electrons. The second kappa shape index (κ2) is 4.86. The predicted octanol–water partition coefficient (Wildman–Crippen LogP) is 4.09. The minimum Gasteiger partial charge on any atom is -0.477 e. The van der Waals surface area contributed by atoms with Gasteiger partial charge in [0, 0.05) is 28.4 Å². The van der Waals surface area contributed by atoms with Gasteiger partial charge in [-0.3, -0.25) is 0 Å². The number of carboxylic acid groups (broad SMARTS) is 1. The largest absolute Gasteiger partial charge is 0.477 e. The average molecular weight is 264 g/mol. The van der Waals surface area contributed by atoms with Gasteiger partial charge in [-0.15, -0.1) is 0 Å². The lowest BCUT2D eigenvalue weighted by Crippen LogP contribution is -2.10. The second-order valence-corrected chi connectivity index (χ2v) is 4.77. The standard InChI is InChI=1S/C14H14ClNO2/c1-9(2)16-8-7-11(13(16)14(17)18)10-5-3-4-6-12(10)15/h3-9H,1-2H3,(H,17,18). The number of halogens is 1. The number of rotatable bonds is 3. The Balaban J connectivity index is 2.66. The number of nitrogens with zero attached hydrogens (tertiary/aromatic N) is 1. The summed E-state index contributed by atoms with van der Waals surface area (Å²) >= 11 is 6.12. The summed E-state index contributed by atoms with van der Waals surface area (Å²) in [6.07, 6.45) is 1.78. The zero-order valence-electron chi connectivity index (χ0n) is 10.2. The maximum absolute atomic E-state index is 11.4. The van der Waals surface area contributed by atoms with Gasteiger partial charge >= 0.3 is 5.97 Å². The third-order valence-electron chi connectivity index (χ3n) is 2.84. The fourth-order valence-electron chi connectivity index (χ4n) is 2.00. The van der Waals surface area contributed by atoms with Crippen LogP contribution < -0.4 is 0 Å². The second-order valence-electron chi connectivity index (χ2n) is 4.36. The third-order valence-corrected chi connectivity index (χ3v) is 3.17. The molecule has 0 fully saturated rings. The Morgan fingerprint density at radius 3 is 2.44 bits per heavy atom. The van der Waals surface area contributed by atoms with Crippen molar-refractivity contribution in [2.45, 2.75) is 19.9 Å². The Bertz CT molecular complexity index is 587. The van der Waals surface area contributed by atoms with E-state index in [4.69, 9.17) is 11.6 Å². The van der Waals surface area contributed by atoms with Gasteiger partial charge in [-0.1, -0.05) is 29.8 Å². The number of hydrogen-bond acceptors (Lipinski definition) is 1. The Kier molecular flexibility index (Phi) is 3.43. The number of carboxylic acids is 1. The van der Waals surface area contributed by atoms with Gasteiger partial charge in [0.05, 0.1) is 0 Å². The molecule has 0 bridgehead atoms. The highest BCUT2D eigenvalue weighted by Crippen LogP contribution is 2.32. The minimum absolute atomic E-state index is 0.0901. The van der Waals surface area contributed by atoms with Crippen LogP contribution in [0.5, 0.6) is 0 Å². The molecule has 2 aromatic rings. The Morgan fingerprint density at radius 1 is 1.22 bits per heavy atom. The first kappa shape index (κ1) is 12.7. The Labute approximate surface area is 111 Å². The molecule has 4 heteroatoms. The van der Waals surface area contributed by atoms with Crippen molar-refractivity contribution in [2.75, 3.05) is 0 Å². The van der Waals surface area contributed by atoms with E-state index in [1.165, 1.54) is 0 Å². The fourth-order valence-corrected chi connectivity index (χ4v) is 2.24. The topological polar surface area (TPSA) is 42.2 Å². The van der Waals surface area contributed by atoms with Gasteiger partial charge in [0.25, 0.3) is 0 Å². The minimum atomic E-state index is -0.941. The van der Waals surface area contributed by atoms with Crippen LogP contribution in [0.3, 0.4) is 0 Å². The molecule has 0 saturated heterocycles. The highest BCUT2D eigenvalue weighted by atomic mass is 35.5. The molecule has 0 saturated carbocycles. The molecule has 1 N–H and O–H groups in total. The van der Waals surface area contributed by atoms with E-state index in [1.54, 1.807) is 22.9 Å². The summed E-state index contributed by atoms with van der Waals surface area (Å²) < 4.78 is 1.74. The normalized spacial score (nSPS) is 10.9. The van der Waals surface area contributed by atoms with Crippen molar-refractivity contribution >= 4 is 17.6 Å². The monoisotopic (exact) mass is 263 g/mol. The number of benzene rings is 1. The van der Waals surface area contributed by atoms with Crippen LogP contribution in [-0.2, 0) is 0 Å². The van der Waals surface area contributed by atoms with E-state index in [-0.39, 0.29) is 11.7 Å². The van der Waals surface area contributed by atoms with Gasteiger partial charge < -0.3 is 9.67 Å². The van der Waals surface area contributed by atoms with Crippen LogP contribution in [-0.4, -0.2) is 15.6 Å². The maximum atomic E-state index is 11.4. The number of aromatic carboxylic acids is 1. The molecule has 0 spiro atoms. The van der Waals surface area contributed by atoms with Crippen LogP contribution in [0.15, 0.2) is 36.5 Å². The van der Waals surface area contributed by atoms with Crippen molar-refractivity contribution in [3.63, 3.8) is 0 Å².